The van der Waals surface area contributed by atoms with Crippen LogP contribution in [0.2, 0.25) is 10.0 Å². The van der Waals surface area contributed by atoms with Gasteiger partial charge in [-0.25, -0.2) is 4.79 Å². The van der Waals surface area contributed by atoms with Gasteiger partial charge in [0, 0.05) is 22.9 Å². The maximum atomic E-state index is 12.3. The van der Waals surface area contributed by atoms with Crippen LogP contribution < -0.4 is 0 Å². The summed E-state index contributed by atoms with van der Waals surface area (Å²) in [4.78, 5) is 12.3. The van der Waals surface area contributed by atoms with Crippen LogP contribution in [0, 0.1) is 0 Å². The first kappa shape index (κ1) is 20.6. The van der Waals surface area contributed by atoms with Crippen LogP contribution in [0.5, 0.6) is 0 Å². The van der Waals surface area contributed by atoms with Gasteiger partial charge in [0.1, 0.15) is 11.2 Å². The van der Waals surface area contributed by atoms with Gasteiger partial charge in [0.05, 0.1) is 0 Å². The molecule has 0 N–H and O–H groups in total. The van der Waals surface area contributed by atoms with E-state index in [0.717, 1.165) is 11.1 Å². The Morgan fingerprint density at radius 3 is 1.35 bits per heavy atom. The second-order valence-corrected chi connectivity index (χ2v) is 8.45. The van der Waals surface area contributed by atoms with Crippen molar-refractivity contribution in [2.24, 2.45) is 0 Å². The highest BCUT2D eigenvalue weighted by Gasteiger charge is 2.29. The Labute approximate surface area is 165 Å². The standard InChI is InChI=1S/C21H24Cl2O3/c1-20(2,13-15-5-9-17(22)10-6-15)25-19(24)26-21(3,4)14-16-7-11-18(23)12-8-16/h5-12H,13-14H2,1-4H3. The van der Waals surface area contributed by atoms with E-state index in [-0.39, 0.29) is 0 Å². The number of hydrogen-bond acceptors (Lipinski definition) is 3. The van der Waals surface area contributed by atoms with Gasteiger partial charge in [0.15, 0.2) is 0 Å². The highest BCUT2D eigenvalue weighted by molar-refractivity contribution is 6.30. The highest BCUT2D eigenvalue weighted by atomic mass is 35.5. The van der Waals surface area contributed by atoms with Gasteiger partial charge >= 0.3 is 6.16 Å². The van der Waals surface area contributed by atoms with E-state index in [0.29, 0.717) is 22.9 Å². The molecule has 0 aliphatic carbocycles. The monoisotopic (exact) mass is 394 g/mol. The van der Waals surface area contributed by atoms with Crippen LogP contribution in [-0.4, -0.2) is 17.4 Å². The maximum Gasteiger partial charge on any atom is 0.509 e. The molecule has 0 aliphatic heterocycles. The van der Waals surface area contributed by atoms with Crippen molar-refractivity contribution in [1.29, 1.82) is 0 Å². The Hall–Kier alpha value is -1.71. The van der Waals surface area contributed by atoms with Crippen LogP contribution in [0.15, 0.2) is 48.5 Å². The van der Waals surface area contributed by atoms with Crippen molar-refractivity contribution in [3.63, 3.8) is 0 Å². The van der Waals surface area contributed by atoms with Crippen molar-refractivity contribution in [3.05, 3.63) is 69.7 Å². The molecular weight excluding hydrogens is 371 g/mol. The van der Waals surface area contributed by atoms with Gasteiger partial charge in [-0.2, -0.15) is 0 Å². The predicted octanol–water partition coefficient (Wildman–Crippen LogP) is 6.49. The lowest BCUT2D eigenvalue weighted by molar-refractivity contribution is -0.0582. The fourth-order valence-electron chi connectivity index (χ4n) is 2.73. The quantitative estimate of drug-likeness (QED) is 0.525. The van der Waals surface area contributed by atoms with Gasteiger partial charge in [0.2, 0.25) is 0 Å². The first-order valence-electron chi connectivity index (χ1n) is 8.46. The Morgan fingerprint density at radius 2 is 1.04 bits per heavy atom. The van der Waals surface area contributed by atoms with Crippen LogP contribution in [0.3, 0.4) is 0 Å². The first-order valence-corrected chi connectivity index (χ1v) is 9.21. The lowest BCUT2D eigenvalue weighted by Crippen LogP contribution is -2.36. The molecule has 0 aromatic heterocycles. The number of halogens is 2. The van der Waals surface area contributed by atoms with Gasteiger partial charge in [-0.3, -0.25) is 0 Å². The van der Waals surface area contributed by atoms with E-state index in [1.54, 1.807) is 0 Å². The minimum absolute atomic E-state index is 0.566. The van der Waals surface area contributed by atoms with Crippen LogP contribution >= 0.6 is 23.2 Å². The molecule has 0 saturated carbocycles. The van der Waals surface area contributed by atoms with Gasteiger partial charge in [-0.05, 0) is 63.1 Å². The summed E-state index contributed by atoms with van der Waals surface area (Å²) in [5.41, 5.74) is 0.683. The minimum Gasteiger partial charge on any atom is -0.428 e. The normalized spacial score (nSPS) is 11.9. The highest BCUT2D eigenvalue weighted by Crippen LogP contribution is 2.23. The molecule has 0 fully saturated rings. The fraction of sp³-hybridized carbons (Fsp3) is 0.381. The summed E-state index contributed by atoms with van der Waals surface area (Å²) in [5, 5.41) is 1.35. The predicted molar refractivity (Wildman–Crippen MR) is 106 cm³/mol. The van der Waals surface area contributed by atoms with E-state index in [2.05, 4.69) is 0 Å². The zero-order chi connectivity index (χ0) is 19.4. The molecule has 2 rings (SSSR count). The van der Waals surface area contributed by atoms with Crippen molar-refractivity contribution in [2.45, 2.75) is 51.7 Å². The Balaban J connectivity index is 1.92. The van der Waals surface area contributed by atoms with Crippen LogP contribution in [0.1, 0.15) is 38.8 Å². The molecule has 3 nitrogen and oxygen atoms in total. The van der Waals surface area contributed by atoms with E-state index in [1.807, 2.05) is 76.2 Å². The number of benzene rings is 2. The van der Waals surface area contributed by atoms with Crippen molar-refractivity contribution in [2.75, 3.05) is 0 Å². The summed E-state index contributed by atoms with van der Waals surface area (Å²) < 4.78 is 11.1. The average Bonchev–Trinajstić information content (AvgIpc) is 2.50. The zero-order valence-electron chi connectivity index (χ0n) is 15.5. The number of rotatable bonds is 6. The zero-order valence-corrected chi connectivity index (χ0v) is 17.0. The van der Waals surface area contributed by atoms with Gasteiger partial charge in [0.25, 0.3) is 0 Å². The Bertz CT molecular complexity index is 671. The molecule has 26 heavy (non-hydrogen) atoms. The van der Waals surface area contributed by atoms with Crippen molar-refractivity contribution >= 4 is 29.4 Å². The third-order valence-corrected chi connectivity index (χ3v) is 4.31. The summed E-state index contributed by atoms with van der Waals surface area (Å²) in [6, 6.07) is 15.0. The van der Waals surface area contributed by atoms with Gasteiger partial charge < -0.3 is 9.47 Å². The lowest BCUT2D eigenvalue weighted by atomic mass is 9.98. The summed E-state index contributed by atoms with van der Waals surface area (Å²) in [6.45, 7) is 7.42. The first-order chi connectivity index (χ1) is 12.0. The molecule has 0 saturated heterocycles. The number of carbonyl (C=O) groups excluding carboxylic acids is 1. The molecule has 0 radical (unpaired) electrons. The Kier molecular flexibility index (Phi) is 6.59. The third-order valence-electron chi connectivity index (χ3n) is 3.81. The topological polar surface area (TPSA) is 35.5 Å². The van der Waals surface area contributed by atoms with Gasteiger partial charge in [-0.15, -0.1) is 0 Å². The van der Waals surface area contributed by atoms with E-state index in [1.165, 1.54) is 0 Å². The second kappa shape index (κ2) is 8.32. The van der Waals surface area contributed by atoms with Crippen LogP contribution in [0.4, 0.5) is 4.79 Å². The van der Waals surface area contributed by atoms with Crippen molar-refractivity contribution < 1.29 is 14.3 Å². The molecule has 140 valence electrons. The molecule has 2 aromatic rings. The molecule has 0 atom stereocenters. The molecule has 5 heteroatoms. The maximum absolute atomic E-state index is 12.3. The van der Waals surface area contributed by atoms with Gasteiger partial charge in [-0.1, -0.05) is 47.5 Å². The molecule has 0 bridgehead atoms. The average molecular weight is 395 g/mol. The molecule has 0 unspecified atom stereocenters. The SMILES string of the molecule is CC(C)(Cc1ccc(Cl)cc1)OC(=O)OC(C)(C)Cc1ccc(Cl)cc1. The van der Waals surface area contributed by atoms with E-state index in [9.17, 15) is 4.79 Å². The molecular formula is C21H24Cl2O3. The molecule has 0 heterocycles. The molecule has 2 aromatic carbocycles. The van der Waals surface area contributed by atoms with E-state index >= 15 is 0 Å². The van der Waals surface area contributed by atoms with Crippen LogP contribution in [0.25, 0.3) is 0 Å². The minimum atomic E-state index is -0.693. The molecule has 0 aliphatic rings. The second-order valence-electron chi connectivity index (χ2n) is 7.58. The largest absolute Gasteiger partial charge is 0.509 e. The summed E-state index contributed by atoms with van der Waals surface area (Å²) in [6.07, 6.45) is 0.455. The summed E-state index contributed by atoms with van der Waals surface area (Å²) in [7, 11) is 0. The third kappa shape index (κ3) is 6.89. The summed E-state index contributed by atoms with van der Waals surface area (Å²) >= 11 is 11.8. The fourth-order valence-corrected chi connectivity index (χ4v) is 2.98. The molecule has 0 spiro atoms. The van der Waals surface area contributed by atoms with Crippen molar-refractivity contribution in [1.82, 2.24) is 0 Å². The Morgan fingerprint density at radius 1 is 0.731 bits per heavy atom. The molecule has 0 amide bonds. The summed E-state index contributed by atoms with van der Waals surface area (Å²) in [5.74, 6) is 0. The number of hydrogen-bond donors (Lipinski definition) is 0. The van der Waals surface area contributed by atoms with E-state index < -0.39 is 17.4 Å². The van der Waals surface area contributed by atoms with Crippen LogP contribution in [-0.2, 0) is 22.3 Å². The lowest BCUT2D eigenvalue weighted by Gasteiger charge is -2.29. The van der Waals surface area contributed by atoms with Crippen molar-refractivity contribution in [3.8, 4) is 0 Å². The van der Waals surface area contributed by atoms with E-state index in [4.69, 9.17) is 32.7 Å². The number of carbonyl (C=O) groups is 1. The number of ether oxygens (including phenoxy) is 2. The smallest absolute Gasteiger partial charge is 0.428 e.